The molecule has 4 aromatic carbocycles. The van der Waals surface area contributed by atoms with Gasteiger partial charge < -0.3 is 14.1 Å². The number of hydrogen-bond acceptors (Lipinski definition) is 2. The Morgan fingerprint density at radius 2 is 1.54 bits per heavy atom. The molecule has 4 heterocycles. The fourth-order valence-corrected chi connectivity index (χ4v) is 6.17. The van der Waals surface area contributed by atoms with Gasteiger partial charge in [-0.25, -0.2) is 4.98 Å². The van der Waals surface area contributed by atoms with Crippen molar-refractivity contribution in [2.24, 2.45) is 7.05 Å². The van der Waals surface area contributed by atoms with Crippen LogP contribution in [0.15, 0.2) is 116 Å². The first-order chi connectivity index (χ1) is 20.2. The number of nitrogens with one attached hydrogen (secondary N) is 1. The van der Waals surface area contributed by atoms with E-state index in [9.17, 15) is 0 Å². The van der Waals surface area contributed by atoms with Gasteiger partial charge >= 0.3 is 0 Å². The zero-order valence-corrected chi connectivity index (χ0v) is 22.9. The van der Waals surface area contributed by atoms with Crippen LogP contribution in [-0.2, 0) is 13.6 Å². The lowest BCUT2D eigenvalue weighted by Gasteiger charge is -2.12. The Labute approximate surface area is 237 Å². The van der Waals surface area contributed by atoms with Crippen LogP contribution in [0.2, 0.25) is 0 Å². The number of nitrogens with zero attached hydrogens (tertiary/aromatic N) is 5. The highest BCUT2D eigenvalue weighted by Gasteiger charge is 2.23. The van der Waals surface area contributed by atoms with Crippen LogP contribution >= 0.6 is 0 Å². The third-order valence-corrected chi connectivity index (χ3v) is 8.10. The second-order valence-electron chi connectivity index (χ2n) is 10.7. The van der Waals surface area contributed by atoms with E-state index in [1.165, 1.54) is 32.9 Å². The highest BCUT2D eigenvalue weighted by atomic mass is 15.4. The van der Waals surface area contributed by atoms with E-state index in [0.29, 0.717) is 5.95 Å². The van der Waals surface area contributed by atoms with Gasteiger partial charge in [0, 0.05) is 64.4 Å². The largest absolute Gasteiger partial charge is 0.344 e. The van der Waals surface area contributed by atoms with Gasteiger partial charge in [0.05, 0.1) is 11.2 Å². The van der Waals surface area contributed by atoms with Crippen molar-refractivity contribution in [1.29, 1.82) is 0 Å². The van der Waals surface area contributed by atoms with Crippen LogP contribution < -0.4 is 0 Å². The van der Waals surface area contributed by atoms with Crippen LogP contribution in [-0.4, -0.2) is 28.9 Å². The number of aromatic amines is 1. The van der Waals surface area contributed by atoms with Crippen molar-refractivity contribution in [3.63, 3.8) is 0 Å². The zero-order chi connectivity index (χ0) is 27.5. The van der Waals surface area contributed by atoms with Crippen molar-refractivity contribution in [3.8, 4) is 28.6 Å². The summed E-state index contributed by atoms with van der Waals surface area (Å²) in [6, 6.07) is 36.9. The van der Waals surface area contributed by atoms with Gasteiger partial charge in [-0.05, 0) is 48.9 Å². The first-order valence-corrected chi connectivity index (χ1v) is 13.9. The normalized spacial score (nSPS) is 11.8. The van der Waals surface area contributed by atoms with E-state index < -0.39 is 0 Å². The van der Waals surface area contributed by atoms with E-state index in [1.54, 1.807) is 6.20 Å². The number of fused-ring (bicyclic) bond motifs is 3. The molecule has 0 bridgehead atoms. The van der Waals surface area contributed by atoms with Crippen molar-refractivity contribution < 1.29 is 0 Å². The van der Waals surface area contributed by atoms with Crippen molar-refractivity contribution >= 4 is 32.7 Å². The second kappa shape index (κ2) is 9.10. The average Bonchev–Trinajstić information content (AvgIpc) is 3.79. The van der Waals surface area contributed by atoms with Crippen molar-refractivity contribution in [3.05, 3.63) is 127 Å². The van der Waals surface area contributed by atoms with Crippen LogP contribution in [0.4, 0.5) is 0 Å². The summed E-state index contributed by atoms with van der Waals surface area (Å²) in [5.74, 6) is 0.691. The SMILES string of the molecule is Cc1ccc2c(c1)cc(-c1cccc3c1c(-c1cc4ccccc4n1Cc1ccccc1)nn3-c1ncc[nH]1)n2C. The lowest BCUT2D eigenvalue weighted by atomic mass is 10.0. The molecule has 0 aliphatic rings. The molecule has 1 N–H and O–H groups in total. The standard InChI is InChI=1S/C35H28N6/c1-23-15-16-28-26(19-23)21-31(39(28)2)27-12-8-14-30-33(27)34(38-41(30)35-36-17-18-37-35)32-20-25-11-6-7-13-29(25)40(32)22-24-9-4-3-5-10-24/h3-21H,22H2,1-2H3,(H,36,37). The maximum atomic E-state index is 5.28. The lowest BCUT2D eigenvalue weighted by molar-refractivity contribution is 0.822. The molecule has 0 amide bonds. The molecule has 0 fully saturated rings. The first-order valence-electron chi connectivity index (χ1n) is 13.9. The number of benzene rings is 4. The Morgan fingerprint density at radius 3 is 2.39 bits per heavy atom. The van der Waals surface area contributed by atoms with E-state index in [4.69, 9.17) is 5.10 Å². The highest BCUT2D eigenvalue weighted by Crippen LogP contribution is 2.40. The predicted molar refractivity (Wildman–Crippen MR) is 166 cm³/mol. The van der Waals surface area contributed by atoms with Crippen molar-refractivity contribution in [2.45, 2.75) is 13.5 Å². The molecule has 0 spiro atoms. The molecule has 0 unspecified atom stereocenters. The molecule has 6 heteroatoms. The van der Waals surface area contributed by atoms with E-state index >= 15 is 0 Å². The molecule has 198 valence electrons. The molecule has 0 atom stereocenters. The Kier molecular flexibility index (Phi) is 5.22. The van der Waals surface area contributed by atoms with E-state index in [-0.39, 0.29) is 0 Å². The summed E-state index contributed by atoms with van der Waals surface area (Å²) in [7, 11) is 2.15. The van der Waals surface area contributed by atoms with Gasteiger partial charge in [0.15, 0.2) is 0 Å². The minimum atomic E-state index is 0.691. The fourth-order valence-electron chi connectivity index (χ4n) is 6.17. The second-order valence-corrected chi connectivity index (χ2v) is 10.7. The minimum absolute atomic E-state index is 0.691. The molecule has 0 saturated heterocycles. The number of hydrogen-bond donors (Lipinski definition) is 1. The zero-order valence-electron chi connectivity index (χ0n) is 22.9. The Hall–Kier alpha value is -5.36. The number of para-hydroxylation sites is 1. The third-order valence-electron chi connectivity index (χ3n) is 8.10. The maximum Gasteiger partial charge on any atom is 0.228 e. The number of H-pyrrole nitrogens is 1. The number of rotatable bonds is 5. The Morgan fingerprint density at radius 1 is 0.732 bits per heavy atom. The molecule has 0 aliphatic carbocycles. The van der Waals surface area contributed by atoms with Crippen molar-refractivity contribution in [1.82, 2.24) is 28.9 Å². The van der Waals surface area contributed by atoms with E-state index in [1.807, 2.05) is 10.9 Å². The van der Waals surface area contributed by atoms with Crippen molar-refractivity contribution in [2.75, 3.05) is 0 Å². The molecule has 6 nitrogen and oxygen atoms in total. The van der Waals surface area contributed by atoms with Crippen LogP contribution in [0, 0.1) is 6.92 Å². The molecular formula is C35H28N6. The fraction of sp³-hybridized carbons (Fsp3) is 0.0857. The average molecular weight is 533 g/mol. The van der Waals surface area contributed by atoms with Gasteiger partial charge in [-0.1, -0.05) is 72.3 Å². The van der Waals surface area contributed by atoms with Crippen LogP contribution in [0.1, 0.15) is 11.1 Å². The maximum absolute atomic E-state index is 5.28. The molecule has 0 radical (unpaired) electrons. The quantitative estimate of drug-likeness (QED) is 0.245. The Bertz CT molecular complexity index is 2190. The topological polar surface area (TPSA) is 56.4 Å². The molecular weight excluding hydrogens is 504 g/mol. The summed E-state index contributed by atoms with van der Waals surface area (Å²) in [5, 5.41) is 8.80. The smallest absolute Gasteiger partial charge is 0.228 e. The molecule has 8 rings (SSSR count). The molecule has 8 aromatic rings. The number of imidazole rings is 1. The highest BCUT2D eigenvalue weighted by molar-refractivity contribution is 6.06. The van der Waals surface area contributed by atoms with E-state index in [0.717, 1.165) is 40.1 Å². The van der Waals surface area contributed by atoms with Gasteiger partial charge in [0.25, 0.3) is 0 Å². The monoisotopic (exact) mass is 532 g/mol. The summed E-state index contributed by atoms with van der Waals surface area (Å²) in [4.78, 5) is 7.84. The molecule has 0 aliphatic heterocycles. The summed E-state index contributed by atoms with van der Waals surface area (Å²) >= 11 is 0. The lowest BCUT2D eigenvalue weighted by Crippen LogP contribution is -2.03. The van der Waals surface area contributed by atoms with Gasteiger partial charge in [0.1, 0.15) is 5.69 Å². The van der Waals surface area contributed by atoms with Crippen LogP contribution in [0.5, 0.6) is 0 Å². The Balaban J connectivity index is 1.46. The van der Waals surface area contributed by atoms with Gasteiger partial charge in [-0.2, -0.15) is 9.78 Å². The third kappa shape index (κ3) is 3.72. The molecule has 0 saturated carbocycles. The minimum Gasteiger partial charge on any atom is -0.344 e. The molecule has 4 aromatic heterocycles. The predicted octanol–water partition coefficient (Wildman–Crippen LogP) is 7.89. The number of aryl methyl sites for hydroxylation is 2. The van der Waals surface area contributed by atoms with Gasteiger partial charge in [-0.15, -0.1) is 0 Å². The van der Waals surface area contributed by atoms with Gasteiger partial charge in [-0.3, -0.25) is 0 Å². The summed E-state index contributed by atoms with van der Waals surface area (Å²) in [5.41, 5.74) is 10.2. The van der Waals surface area contributed by atoms with E-state index in [2.05, 4.69) is 136 Å². The summed E-state index contributed by atoms with van der Waals surface area (Å²) < 4.78 is 6.61. The number of aromatic nitrogens is 6. The first kappa shape index (κ1) is 23.5. The van der Waals surface area contributed by atoms with Gasteiger partial charge in [0.2, 0.25) is 5.95 Å². The summed E-state index contributed by atoms with van der Waals surface area (Å²) in [6.45, 7) is 2.89. The van der Waals surface area contributed by atoms with Crippen LogP contribution in [0.25, 0.3) is 61.3 Å². The van der Waals surface area contributed by atoms with Crippen LogP contribution in [0.3, 0.4) is 0 Å². The summed E-state index contributed by atoms with van der Waals surface area (Å²) in [6.07, 6.45) is 3.61. The molecule has 41 heavy (non-hydrogen) atoms.